The van der Waals surface area contributed by atoms with E-state index in [0.717, 1.165) is 53.4 Å². The lowest BCUT2D eigenvalue weighted by Gasteiger charge is -2.18. The Labute approximate surface area is 342 Å². The monoisotopic (exact) mass is 824 g/mol. The number of ether oxygens (including phenoxy) is 2. The summed E-state index contributed by atoms with van der Waals surface area (Å²) < 4.78 is 38.9. The number of aliphatic hydroxyl groups is 1. The van der Waals surface area contributed by atoms with Crippen molar-refractivity contribution in [2.24, 2.45) is 5.92 Å². The molecule has 2 aromatic carbocycles. The van der Waals surface area contributed by atoms with Gasteiger partial charge in [-0.15, -0.1) is 0 Å². The second kappa shape index (κ2) is 16.0. The van der Waals surface area contributed by atoms with Crippen LogP contribution < -0.4 is 19.5 Å². The number of sulfonamides is 1. The van der Waals surface area contributed by atoms with E-state index in [1.54, 1.807) is 19.5 Å². The lowest BCUT2D eigenvalue weighted by molar-refractivity contribution is -0.122. The zero-order valence-corrected chi connectivity index (χ0v) is 33.7. The van der Waals surface area contributed by atoms with Crippen LogP contribution in [-0.4, -0.2) is 93.8 Å². The van der Waals surface area contributed by atoms with Gasteiger partial charge >= 0.3 is 0 Å². The summed E-state index contributed by atoms with van der Waals surface area (Å²) in [4.78, 5) is 35.7. The number of anilines is 2. The first kappa shape index (κ1) is 38.6. The third kappa shape index (κ3) is 8.06. The molecule has 1 unspecified atom stereocenters. The molecule has 5 heterocycles. The number of aliphatic hydroxyl groups excluding tert-OH is 1. The first-order valence-corrected chi connectivity index (χ1v) is 21.7. The summed E-state index contributed by atoms with van der Waals surface area (Å²) >= 11 is 7.18. The van der Waals surface area contributed by atoms with Crippen LogP contribution in [0.3, 0.4) is 0 Å². The highest BCUT2D eigenvalue weighted by Gasteiger charge is 2.39. The van der Waals surface area contributed by atoms with Gasteiger partial charge in [0.1, 0.15) is 17.3 Å². The van der Waals surface area contributed by atoms with Crippen molar-refractivity contribution in [1.82, 2.24) is 34.5 Å². The molecule has 16 heteroatoms. The Hall–Kier alpha value is -4.93. The van der Waals surface area contributed by atoms with Crippen molar-refractivity contribution in [2.75, 3.05) is 38.6 Å². The Bertz CT molecular complexity index is 2490. The van der Waals surface area contributed by atoms with Crippen LogP contribution in [0.1, 0.15) is 60.6 Å². The summed E-state index contributed by atoms with van der Waals surface area (Å²) in [6, 6.07) is 16.1. The van der Waals surface area contributed by atoms with Gasteiger partial charge in [0, 0.05) is 56.1 Å². The lowest BCUT2D eigenvalue weighted by atomic mass is 9.96. The van der Waals surface area contributed by atoms with Crippen LogP contribution in [0.15, 0.2) is 67.1 Å². The van der Waals surface area contributed by atoms with Gasteiger partial charge in [-0.05, 0) is 85.5 Å². The summed E-state index contributed by atoms with van der Waals surface area (Å²) in [6.45, 7) is 3.74. The van der Waals surface area contributed by atoms with Gasteiger partial charge in [0.15, 0.2) is 5.82 Å². The third-order valence-corrected chi connectivity index (χ3v) is 13.8. The van der Waals surface area contributed by atoms with Gasteiger partial charge in [0.05, 0.1) is 41.3 Å². The fourth-order valence-corrected chi connectivity index (χ4v) is 10.0. The Balaban J connectivity index is 0.880. The minimum Gasteiger partial charge on any atom is -0.480 e. The average Bonchev–Trinajstić information content (AvgIpc) is 3.67. The van der Waals surface area contributed by atoms with Crippen molar-refractivity contribution in [3.8, 4) is 22.9 Å². The van der Waals surface area contributed by atoms with Gasteiger partial charge in [-0.2, -0.15) is 4.98 Å². The Morgan fingerprint density at radius 2 is 1.76 bits per heavy atom. The molecule has 302 valence electrons. The van der Waals surface area contributed by atoms with Crippen molar-refractivity contribution < 1.29 is 27.8 Å². The first-order valence-electron chi connectivity index (χ1n) is 19.8. The quantitative estimate of drug-likeness (QED) is 0.135. The molecule has 4 aliphatic rings. The van der Waals surface area contributed by atoms with Crippen molar-refractivity contribution in [3.63, 3.8) is 0 Å². The molecular formula is C42H45ClN8O6S. The number of methoxy groups -OCH3 is 1. The number of halogens is 1. The number of pyridine rings is 2. The molecular weight excluding hydrogens is 780 g/mol. The van der Waals surface area contributed by atoms with E-state index in [9.17, 15) is 18.3 Å². The number of nitrogens with one attached hydrogen (secondary N) is 2. The molecule has 2 saturated heterocycles. The summed E-state index contributed by atoms with van der Waals surface area (Å²) in [7, 11) is -1.98. The second-order valence-electron chi connectivity index (χ2n) is 15.7. The highest BCUT2D eigenvalue weighted by atomic mass is 35.5. The maximum absolute atomic E-state index is 12.7. The number of hydrogen-bond donors (Lipinski definition) is 3. The Morgan fingerprint density at radius 1 is 0.948 bits per heavy atom. The van der Waals surface area contributed by atoms with E-state index in [1.165, 1.54) is 5.56 Å². The minimum absolute atomic E-state index is 0.216. The van der Waals surface area contributed by atoms with E-state index in [0.29, 0.717) is 91.5 Å². The van der Waals surface area contributed by atoms with Crippen molar-refractivity contribution in [3.05, 3.63) is 94.5 Å². The summed E-state index contributed by atoms with van der Waals surface area (Å²) in [5.74, 6) is 0.619. The summed E-state index contributed by atoms with van der Waals surface area (Å²) in [5.41, 5.74) is 7.25. The fraction of sp³-hybridized carbons (Fsp3) is 0.405. The number of nitrogens with zero attached hydrogens (tertiary/aromatic N) is 6. The van der Waals surface area contributed by atoms with Crippen molar-refractivity contribution in [2.45, 2.75) is 69.1 Å². The number of β-amino-alcohol motifs (C(OH)–C–C–N with tert-alkyl or cyclic N) is 1. The van der Waals surface area contributed by atoms with E-state index in [2.05, 4.69) is 53.0 Å². The molecule has 0 spiro atoms. The molecule has 3 fully saturated rings. The molecule has 14 nitrogen and oxygen atoms in total. The van der Waals surface area contributed by atoms with E-state index in [4.69, 9.17) is 26.1 Å². The topological polar surface area (TPSA) is 172 Å². The van der Waals surface area contributed by atoms with Crippen LogP contribution in [0.25, 0.3) is 22.0 Å². The molecule has 0 bridgehead atoms. The molecule has 2 aliphatic carbocycles. The largest absolute Gasteiger partial charge is 0.480 e. The number of carbonyl (C=O) groups excluding carboxylic acids is 1. The number of amides is 1. The minimum atomic E-state index is -3.56. The molecule has 3 aromatic heterocycles. The Morgan fingerprint density at radius 3 is 2.57 bits per heavy atom. The standard InChI is InChI=1S/C42H45ClN8O6S/c1-56-42-35(24-51-17-14-28(52)23-51)45-20-37(48-42)57-36-11-10-31-30(4-2-5-32(31)36)33-6-3-7-34(38(33)43)47-40-39-26(12-15-44-40)18-25(19-46-39)21-50-16-13-27(22-50)41(53)49-58(54,55)29-8-9-29/h2-7,12,15,18-20,27-29,36,52H,8-11,13-14,16-17,21-24H2,1H3,(H,44,47)(H,49,53)/t27?,28-,36-/m1/s1. The lowest BCUT2D eigenvalue weighted by Crippen LogP contribution is -2.38. The van der Waals surface area contributed by atoms with E-state index < -0.39 is 21.2 Å². The van der Waals surface area contributed by atoms with Gasteiger partial charge < -0.3 is 19.9 Å². The smallest absolute Gasteiger partial charge is 0.240 e. The van der Waals surface area contributed by atoms with Gasteiger partial charge in [-0.25, -0.2) is 18.4 Å². The molecule has 9 rings (SSSR count). The Kier molecular flexibility index (Phi) is 10.7. The van der Waals surface area contributed by atoms with Crippen LogP contribution in [-0.2, 0) is 34.3 Å². The molecule has 3 atom stereocenters. The number of benzene rings is 2. The van der Waals surface area contributed by atoms with Gasteiger partial charge in [0.2, 0.25) is 27.7 Å². The van der Waals surface area contributed by atoms with Crippen LogP contribution in [0.4, 0.5) is 11.5 Å². The van der Waals surface area contributed by atoms with E-state index in [-0.39, 0.29) is 18.1 Å². The number of aromatic nitrogens is 4. The third-order valence-electron chi connectivity index (χ3n) is 11.5. The van der Waals surface area contributed by atoms with Crippen LogP contribution in [0, 0.1) is 5.92 Å². The molecule has 5 aromatic rings. The average molecular weight is 825 g/mol. The van der Waals surface area contributed by atoms with Gasteiger partial charge in [-0.3, -0.25) is 24.3 Å². The zero-order chi connectivity index (χ0) is 40.0. The highest BCUT2D eigenvalue weighted by molar-refractivity contribution is 7.90. The molecule has 1 saturated carbocycles. The number of rotatable bonds is 13. The van der Waals surface area contributed by atoms with Crippen LogP contribution in [0.2, 0.25) is 5.02 Å². The van der Waals surface area contributed by atoms with E-state index in [1.807, 2.05) is 36.5 Å². The van der Waals surface area contributed by atoms with Crippen LogP contribution in [0.5, 0.6) is 11.8 Å². The first-order chi connectivity index (χ1) is 28.1. The predicted molar refractivity (Wildman–Crippen MR) is 219 cm³/mol. The second-order valence-corrected chi connectivity index (χ2v) is 18.0. The highest BCUT2D eigenvalue weighted by Crippen LogP contribution is 2.44. The van der Waals surface area contributed by atoms with Crippen molar-refractivity contribution in [1.29, 1.82) is 0 Å². The molecule has 58 heavy (non-hydrogen) atoms. The molecule has 0 radical (unpaired) electrons. The normalized spacial score (nSPS) is 21.0. The molecule has 1 amide bonds. The van der Waals surface area contributed by atoms with Gasteiger partial charge in [0.25, 0.3) is 0 Å². The van der Waals surface area contributed by atoms with Gasteiger partial charge in [-0.1, -0.05) is 41.9 Å². The number of carbonyl (C=O) groups is 1. The number of fused-ring (bicyclic) bond motifs is 2. The van der Waals surface area contributed by atoms with Crippen LogP contribution >= 0.6 is 11.6 Å². The SMILES string of the molecule is COc1nc(O[C@@H]2CCc3c(-c4cccc(Nc5nccc6cc(CN7CCC(C(=O)NS(=O)(=O)C8CC8)C7)cnc56)c4Cl)cccc32)cnc1CN1CC[C@@H](O)C1. The number of hydrogen-bond acceptors (Lipinski definition) is 13. The predicted octanol–water partition coefficient (Wildman–Crippen LogP) is 5.56. The maximum Gasteiger partial charge on any atom is 0.240 e. The maximum atomic E-state index is 12.7. The summed E-state index contributed by atoms with van der Waals surface area (Å²) in [6.07, 6.45) is 8.83. The zero-order valence-electron chi connectivity index (χ0n) is 32.1. The van der Waals surface area contributed by atoms with E-state index >= 15 is 0 Å². The number of likely N-dealkylation sites (tertiary alicyclic amines) is 2. The van der Waals surface area contributed by atoms with Crippen molar-refractivity contribution >= 4 is 49.9 Å². The molecule has 2 aliphatic heterocycles. The fourth-order valence-electron chi connectivity index (χ4n) is 8.40. The molecule has 3 N–H and O–H groups in total. The summed E-state index contributed by atoms with van der Waals surface area (Å²) in [5, 5.41) is 14.4.